The summed E-state index contributed by atoms with van der Waals surface area (Å²) < 4.78 is 5.38. The Morgan fingerprint density at radius 3 is 2.75 bits per heavy atom. The Balaban J connectivity index is 1.98. The van der Waals surface area contributed by atoms with Crippen LogP contribution in [0.1, 0.15) is 32.6 Å². The molecule has 0 aromatic rings. The van der Waals surface area contributed by atoms with Crippen LogP contribution in [0, 0.1) is 5.92 Å². The van der Waals surface area contributed by atoms with Crippen LogP contribution in [0.25, 0.3) is 0 Å². The van der Waals surface area contributed by atoms with Gasteiger partial charge in [-0.25, -0.2) is 0 Å². The van der Waals surface area contributed by atoms with Crippen LogP contribution in [0.3, 0.4) is 0 Å². The van der Waals surface area contributed by atoms with Gasteiger partial charge in [0.15, 0.2) is 0 Å². The van der Waals surface area contributed by atoms with E-state index in [2.05, 4.69) is 5.32 Å². The summed E-state index contributed by atoms with van der Waals surface area (Å²) in [4.78, 5) is 0. The third-order valence-corrected chi connectivity index (χ3v) is 2.55. The summed E-state index contributed by atoms with van der Waals surface area (Å²) in [5.41, 5.74) is 0. The van der Waals surface area contributed by atoms with Crippen LogP contribution < -0.4 is 5.32 Å². The van der Waals surface area contributed by atoms with Gasteiger partial charge in [0.2, 0.25) is 0 Å². The maximum atomic E-state index is 5.38. The largest absolute Gasteiger partial charge is 0.380 e. The molecule has 0 bridgehead atoms. The molecule has 1 atom stereocenters. The topological polar surface area (TPSA) is 21.3 Å². The second-order valence-electron chi connectivity index (χ2n) is 3.67. The fourth-order valence-electron chi connectivity index (χ4n) is 1.41. The molecule has 1 N–H and O–H groups in total. The van der Waals surface area contributed by atoms with E-state index in [1.54, 1.807) is 0 Å². The average molecular weight is 171 g/mol. The van der Waals surface area contributed by atoms with Gasteiger partial charge in [-0.05, 0) is 32.7 Å². The zero-order valence-corrected chi connectivity index (χ0v) is 8.31. The van der Waals surface area contributed by atoms with Crippen molar-refractivity contribution < 1.29 is 4.74 Å². The fraction of sp³-hybridized carbons (Fsp3) is 1.00. The molecule has 72 valence electrons. The van der Waals surface area contributed by atoms with Crippen molar-refractivity contribution >= 4 is 0 Å². The summed E-state index contributed by atoms with van der Waals surface area (Å²) in [6.07, 6.45) is 5.59. The highest BCUT2D eigenvalue weighted by molar-refractivity contribution is 4.76. The molecule has 0 aromatic carbocycles. The van der Waals surface area contributed by atoms with Crippen molar-refractivity contribution in [1.29, 1.82) is 0 Å². The normalized spacial score (nSPS) is 19.5. The highest BCUT2D eigenvalue weighted by atomic mass is 16.5. The first-order chi connectivity index (χ1) is 5.86. The van der Waals surface area contributed by atoms with Crippen molar-refractivity contribution in [3.05, 3.63) is 0 Å². The minimum atomic E-state index is 0.575. The molecule has 0 aliphatic heterocycles. The fourth-order valence-corrected chi connectivity index (χ4v) is 1.41. The second kappa shape index (κ2) is 5.55. The van der Waals surface area contributed by atoms with Gasteiger partial charge < -0.3 is 10.1 Å². The lowest BCUT2D eigenvalue weighted by Crippen LogP contribution is -2.30. The monoisotopic (exact) mass is 171 g/mol. The molecular formula is C10H21NO. The zero-order valence-electron chi connectivity index (χ0n) is 8.31. The Morgan fingerprint density at radius 1 is 1.50 bits per heavy atom. The average Bonchev–Trinajstić information content (AvgIpc) is 2.89. The van der Waals surface area contributed by atoms with Crippen LogP contribution in [-0.4, -0.2) is 26.3 Å². The number of hydrogen-bond donors (Lipinski definition) is 1. The van der Waals surface area contributed by atoms with Crippen molar-refractivity contribution in [3.8, 4) is 0 Å². The van der Waals surface area contributed by atoms with E-state index in [0.717, 1.165) is 19.1 Å². The maximum Gasteiger partial charge on any atom is 0.0619 e. The maximum absolute atomic E-state index is 5.38. The van der Waals surface area contributed by atoms with Crippen molar-refractivity contribution in [1.82, 2.24) is 5.32 Å². The van der Waals surface area contributed by atoms with Crippen LogP contribution in [0.2, 0.25) is 0 Å². The predicted molar refractivity (Wildman–Crippen MR) is 51.3 cm³/mol. The molecule has 0 spiro atoms. The van der Waals surface area contributed by atoms with Gasteiger partial charge in [-0.15, -0.1) is 0 Å². The van der Waals surface area contributed by atoms with E-state index in [9.17, 15) is 0 Å². The number of rotatable bonds is 7. The molecule has 1 fully saturated rings. The molecule has 0 radical (unpaired) electrons. The molecule has 0 amide bonds. The lowest BCUT2D eigenvalue weighted by molar-refractivity contribution is 0.121. The Hall–Kier alpha value is -0.0800. The summed E-state index contributed by atoms with van der Waals surface area (Å²) in [5.74, 6) is 1.04. The van der Waals surface area contributed by atoms with Crippen LogP contribution >= 0.6 is 0 Å². The molecule has 0 aromatic heterocycles. The summed E-state index contributed by atoms with van der Waals surface area (Å²) in [5, 5.41) is 3.30. The molecule has 12 heavy (non-hydrogen) atoms. The second-order valence-corrected chi connectivity index (χ2v) is 3.67. The summed E-state index contributed by atoms with van der Waals surface area (Å²) in [6.45, 7) is 3.76. The van der Waals surface area contributed by atoms with E-state index in [4.69, 9.17) is 4.74 Å². The molecule has 2 nitrogen and oxygen atoms in total. The first-order valence-electron chi connectivity index (χ1n) is 5.11. The van der Waals surface area contributed by atoms with Crippen molar-refractivity contribution in [2.24, 2.45) is 5.92 Å². The summed E-state index contributed by atoms with van der Waals surface area (Å²) >= 11 is 0. The number of likely N-dealkylation sites (N-methyl/N-ethyl adjacent to an activating group) is 1. The van der Waals surface area contributed by atoms with E-state index >= 15 is 0 Å². The minimum Gasteiger partial charge on any atom is -0.380 e. The highest BCUT2D eigenvalue weighted by Crippen LogP contribution is 2.33. The van der Waals surface area contributed by atoms with Crippen LogP contribution in [0.4, 0.5) is 0 Å². The van der Waals surface area contributed by atoms with Gasteiger partial charge in [-0.3, -0.25) is 0 Å². The van der Waals surface area contributed by atoms with Gasteiger partial charge in [0.05, 0.1) is 6.61 Å². The molecule has 1 rings (SSSR count). The SMILES string of the molecule is CCOCC(CCC1CC1)NC. The third kappa shape index (κ3) is 4.07. The predicted octanol–water partition coefficient (Wildman–Crippen LogP) is 1.80. The van der Waals surface area contributed by atoms with Crippen molar-refractivity contribution in [2.75, 3.05) is 20.3 Å². The van der Waals surface area contributed by atoms with E-state index in [1.165, 1.54) is 25.7 Å². The molecule has 2 heteroatoms. The van der Waals surface area contributed by atoms with E-state index < -0.39 is 0 Å². The Bertz CT molecular complexity index is 112. The van der Waals surface area contributed by atoms with Crippen molar-refractivity contribution in [2.45, 2.75) is 38.6 Å². The first kappa shape index (κ1) is 10.0. The van der Waals surface area contributed by atoms with Crippen LogP contribution in [0.5, 0.6) is 0 Å². The van der Waals surface area contributed by atoms with Gasteiger partial charge in [-0.2, -0.15) is 0 Å². The van der Waals surface area contributed by atoms with E-state index in [0.29, 0.717) is 6.04 Å². The lowest BCUT2D eigenvalue weighted by atomic mass is 10.1. The molecule has 0 saturated heterocycles. The van der Waals surface area contributed by atoms with Gasteiger partial charge in [0, 0.05) is 12.6 Å². The van der Waals surface area contributed by atoms with Crippen LogP contribution in [0.15, 0.2) is 0 Å². The molecule has 0 heterocycles. The number of hydrogen-bond acceptors (Lipinski definition) is 2. The molecule has 1 aliphatic rings. The molecular weight excluding hydrogens is 150 g/mol. The van der Waals surface area contributed by atoms with Crippen LogP contribution in [-0.2, 0) is 4.74 Å². The summed E-state index contributed by atoms with van der Waals surface area (Å²) in [6, 6.07) is 0.575. The Kier molecular flexibility index (Phi) is 4.62. The zero-order chi connectivity index (χ0) is 8.81. The molecule has 1 saturated carbocycles. The standard InChI is InChI=1S/C10H21NO/c1-3-12-8-10(11-2)7-6-9-4-5-9/h9-11H,3-8H2,1-2H3. The smallest absolute Gasteiger partial charge is 0.0619 e. The van der Waals surface area contributed by atoms with Gasteiger partial charge >= 0.3 is 0 Å². The van der Waals surface area contributed by atoms with Gasteiger partial charge in [0.1, 0.15) is 0 Å². The highest BCUT2D eigenvalue weighted by Gasteiger charge is 2.21. The van der Waals surface area contributed by atoms with Gasteiger partial charge in [-0.1, -0.05) is 12.8 Å². The van der Waals surface area contributed by atoms with Gasteiger partial charge in [0.25, 0.3) is 0 Å². The van der Waals surface area contributed by atoms with E-state index in [1.807, 2.05) is 14.0 Å². The Morgan fingerprint density at radius 2 is 2.25 bits per heavy atom. The summed E-state index contributed by atoms with van der Waals surface area (Å²) in [7, 11) is 2.02. The van der Waals surface area contributed by atoms with Crippen molar-refractivity contribution in [3.63, 3.8) is 0 Å². The van der Waals surface area contributed by atoms with E-state index in [-0.39, 0.29) is 0 Å². The quantitative estimate of drug-likeness (QED) is 0.630. The third-order valence-electron chi connectivity index (χ3n) is 2.55. The molecule has 1 unspecified atom stereocenters. The molecule has 1 aliphatic carbocycles. The minimum absolute atomic E-state index is 0.575. The number of ether oxygens (including phenoxy) is 1. The number of nitrogens with one attached hydrogen (secondary N) is 1. The Labute approximate surface area is 75.7 Å². The first-order valence-corrected chi connectivity index (χ1v) is 5.11. The lowest BCUT2D eigenvalue weighted by Gasteiger charge is -2.15.